The minimum atomic E-state index is -3.79. The molecule has 0 saturated carbocycles. The standard InChI is InChI=1S/C23H21ClN6O3.C3H6O3S/c1-27-8-10-28(11-9-27)14-19-23(31)29-20-7-6-15(30(32)33)12-17(20)22(25-13-21(29)26-19)16-4-2-3-5-18(16)24;1-2-3-7(4,5)6/h2-7,12,14H,8-11,13H2,1H3;2H,1,3H2,(H,4,5,6)/b19-14-;. The summed E-state index contributed by atoms with van der Waals surface area (Å²) in [7, 11) is -1.72. The van der Waals surface area contributed by atoms with E-state index < -0.39 is 15.0 Å². The fraction of sp³-hybridized carbons (Fsp3) is 0.269. The summed E-state index contributed by atoms with van der Waals surface area (Å²) in [6, 6.07) is 11.6. The molecule has 2 aromatic carbocycles. The van der Waals surface area contributed by atoms with Gasteiger partial charge in [0, 0.05) is 60.7 Å². The first-order chi connectivity index (χ1) is 19.0. The molecule has 0 radical (unpaired) electrons. The molecule has 210 valence electrons. The van der Waals surface area contributed by atoms with Gasteiger partial charge in [0.25, 0.3) is 21.7 Å². The normalized spacial score (nSPS) is 18.2. The number of aliphatic imine (C=N–C) groups is 2. The average molecular weight is 587 g/mol. The number of nitro benzene ring substituents is 1. The zero-order chi connectivity index (χ0) is 29.0. The highest BCUT2D eigenvalue weighted by molar-refractivity contribution is 7.85. The Hall–Kier alpha value is -3.91. The predicted molar refractivity (Wildman–Crippen MR) is 154 cm³/mol. The summed E-state index contributed by atoms with van der Waals surface area (Å²) in [5.41, 5.74) is 2.36. The Morgan fingerprint density at radius 2 is 1.85 bits per heavy atom. The number of likely N-dealkylation sites (N-methyl/N-ethyl adjacent to an activating group) is 1. The van der Waals surface area contributed by atoms with Crippen LogP contribution in [0.2, 0.25) is 5.02 Å². The molecule has 2 aromatic rings. The van der Waals surface area contributed by atoms with Gasteiger partial charge in [-0.25, -0.2) is 4.99 Å². The van der Waals surface area contributed by atoms with Gasteiger partial charge in [-0.1, -0.05) is 35.9 Å². The Kier molecular flexibility index (Phi) is 8.79. The average Bonchev–Trinajstić information content (AvgIpc) is 3.10. The molecule has 40 heavy (non-hydrogen) atoms. The summed E-state index contributed by atoms with van der Waals surface area (Å²) >= 11 is 6.43. The Morgan fingerprint density at radius 3 is 2.45 bits per heavy atom. The second kappa shape index (κ2) is 12.1. The van der Waals surface area contributed by atoms with E-state index >= 15 is 0 Å². The molecule has 1 fully saturated rings. The Labute approximate surface area is 236 Å². The summed E-state index contributed by atoms with van der Waals surface area (Å²) in [4.78, 5) is 39.6. The smallest absolute Gasteiger partial charge is 0.284 e. The number of piperazine rings is 1. The number of non-ortho nitro benzene ring substituents is 1. The Morgan fingerprint density at radius 1 is 1.15 bits per heavy atom. The number of hydrogen-bond acceptors (Lipinski definition) is 9. The van der Waals surface area contributed by atoms with E-state index in [9.17, 15) is 23.3 Å². The lowest BCUT2D eigenvalue weighted by molar-refractivity contribution is -0.384. The largest absolute Gasteiger partial charge is 0.373 e. The lowest BCUT2D eigenvalue weighted by Gasteiger charge is -2.31. The Bertz CT molecular complexity index is 1550. The molecule has 3 aliphatic rings. The lowest BCUT2D eigenvalue weighted by atomic mass is 9.99. The van der Waals surface area contributed by atoms with Gasteiger partial charge in [0.15, 0.2) is 0 Å². The van der Waals surface area contributed by atoms with Gasteiger partial charge in [0.2, 0.25) is 0 Å². The van der Waals surface area contributed by atoms with E-state index in [1.807, 2.05) is 12.1 Å². The molecule has 0 atom stereocenters. The summed E-state index contributed by atoms with van der Waals surface area (Å²) in [5, 5.41) is 12.0. The summed E-state index contributed by atoms with van der Waals surface area (Å²) in [6.07, 6.45) is 2.93. The molecule has 5 rings (SSSR count). The van der Waals surface area contributed by atoms with Crippen molar-refractivity contribution in [3.63, 3.8) is 0 Å². The first kappa shape index (κ1) is 29.1. The highest BCUT2D eigenvalue weighted by Gasteiger charge is 2.37. The quantitative estimate of drug-likeness (QED) is 0.185. The van der Waals surface area contributed by atoms with Crippen LogP contribution in [0.25, 0.3) is 0 Å². The van der Waals surface area contributed by atoms with Crippen molar-refractivity contribution in [2.75, 3.05) is 50.4 Å². The number of rotatable bonds is 5. The van der Waals surface area contributed by atoms with E-state index in [0.29, 0.717) is 39.1 Å². The van der Waals surface area contributed by atoms with E-state index in [1.165, 1.54) is 17.0 Å². The van der Waals surface area contributed by atoms with Crippen molar-refractivity contribution in [3.8, 4) is 0 Å². The van der Waals surface area contributed by atoms with Crippen LogP contribution in [0.3, 0.4) is 0 Å². The molecule has 0 spiro atoms. The van der Waals surface area contributed by atoms with Gasteiger partial charge in [-0.15, -0.1) is 6.58 Å². The van der Waals surface area contributed by atoms with Crippen LogP contribution in [-0.2, 0) is 14.9 Å². The van der Waals surface area contributed by atoms with Gasteiger partial charge in [0.05, 0.1) is 28.6 Å². The van der Waals surface area contributed by atoms with Crippen LogP contribution < -0.4 is 4.90 Å². The van der Waals surface area contributed by atoms with Gasteiger partial charge in [0.1, 0.15) is 11.5 Å². The molecule has 14 heteroatoms. The number of amides is 1. The number of nitrogens with zero attached hydrogens (tertiary/aromatic N) is 6. The van der Waals surface area contributed by atoms with Crippen molar-refractivity contribution in [3.05, 3.63) is 93.3 Å². The summed E-state index contributed by atoms with van der Waals surface area (Å²) in [6.45, 7) is 6.71. The Balaban J connectivity index is 0.000000470. The van der Waals surface area contributed by atoms with E-state index in [-0.39, 0.29) is 23.9 Å². The van der Waals surface area contributed by atoms with Crippen LogP contribution in [-0.4, -0.2) is 90.7 Å². The fourth-order valence-corrected chi connectivity index (χ4v) is 4.84. The number of carbonyl (C=O) groups excluding carboxylic acids is 1. The summed E-state index contributed by atoms with van der Waals surface area (Å²) in [5.74, 6) is -0.153. The second-order valence-corrected chi connectivity index (χ2v) is 11.1. The molecular formula is C26H27ClN6O6S. The maximum Gasteiger partial charge on any atom is 0.284 e. The van der Waals surface area contributed by atoms with Crippen LogP contribution in [0.5, 0.6) is 0 Å². The molecule has 12 nitrogen and oxygen atoms in total. The zero-order valence-corrected chi connectivity index (χ0v) is 23.2. The molecular weight excluding hydrogens is 560 g/mol. The van der Waals surface area contributed by atoms with E-state index in [0.717, 1.165) is 32.3 Å². The number of nitro groups is 1. The number of hydrogen-bond donors (Lipinski definition) is 1. The third-order valence-corrected chi connectivity index (χ3v) is 7.28. The second-order valence-electron chi connectivity index (χ2n) is 9.16. The van der Waals surface area contributed by atoms with Crippen molar-refractivity contribution in [2.45, 2.75) is 0 Å². The van der Waals surface area contributed by atoms with Crippen molar-refractivity contribution < 1.29 is 22.7 Å². The van der Waals surface area contributed by atoms with E-state index in [1.54, 1.807) is 24.4 Å². The monoisotopic (exact) mass is 586 g/mol. The van der Waals surface area contributed by atoms with Crippen molar-refractivity contribution in [1.29, 1.82) is 0 Å². The third kappa shape index (κ3) is 6.62. The van der Waals surface area contributed by atoms with Gasteiger partial charge in [-0.05, 0) is 19.2 Å². The zero-order valence-electron chi connectivity index (χ0n) is 21.6. The lowest BCUT2D eigenvalue weighted by Crippen LogP contribution is -2.42. The highest BCUT2D eigenvalue weighted by Crippen LogP contribution is 2.35. The van der Waals surface area contributed by atoms with Gasteiger partial charge in [-0.3, -0.25) is 29.4 Å². The van der Waals surface area contributed by atoms with Gasteiger partial charge >= 0.3 is 0 Å². The number of carbonyl (C=O) groups is 1. The van der Waals surface area contributed by atoms with Crippen molar-refractivity contribution >= 4 is 50.5 Å². The predicted octanol–water partition coefficient (Wildman–Crippen LogP) is 2.99. The topological polar surface area (TPSA) is 149 Å². The minimum Gasteiger partial charge on any atom is -0.373 e. The molecule has 1 amide bonds. The molecule has 0 bridgehead atoms. The van der Waals surface area contributed by atoms with Gasteiger partial charge < -0.3 is 9.80 Å². The third-order valence-electron chi connectivity index (χ3n) is 6.30. The van der Waals surface area contributed by atoms with Crippen LogP contribution in [0, 0.1) is 10.1 Å². The summed E-state index contributed by atoms with van der Waals surface area (Å²) < 4.78 is 27.3. The molecule has 0 aliphatic carbocycles. The van der Waals surface area contributed by atoms with Crippen LogP contribution >= 0.6 is 11.6 Å². The SMILES string of the molecule is C=CCS(=O)(=O)O.CN1CCN(/C=C2\N=C3CN=C(c4ccccc4Cl)c4cc([N+](=O)[O-])ccc4N3C2=O)CC1. The first-order valence-electron chi connectivity index (χ1n) is 12.2. The maximum absolute atomic E-state index is 13.4. The van der Waals surface area contributed by atoms with E-state index in [2.05, 4.69) is 28.4 Å². The molecule has 3 aliphatic heterocycles. The fourth-order valence-electron chi connectivity index (χ4n) is 4.32. The minimum absolute atomic E-state index is 0.0891. The van der Waals surface area contributed by atoms with Crippen molar-refractivity contribution in [2.24, 2.45) is 9.98 Å². The first-order valence-corrected chi connectivity index (χ1v) is 14.2. The highest BCUT2D eigenvalue weighted by atomic mass is 35.5. The van der Waals surface area contributed by atoms with Crippen molar-refractivity contribution in [1.82, 2.24) is 9.80 Å². The molecule has 1 saturated heterocycles. The maximum atomic E-state index is 13.4. The number of halogens is 1. The number of fused-ring (bicyclic) bond motifs is 3. The van der Waals surface area contributed by atoms with Crippen LogP contribution in [0.4, 0.5) is 11.4 Å². The molecule has 0 unspecified atom stereocenters. The molecule has 0 aromatic heterocycles. The number of benzene rings is 2. The van der Waals surface area contributed by atoms with E-state index in [4.69, 9.17) is 21.1 Å². The van der Waals surface area contributed by atoms with Crippen LogP contribution in [0.15, 0.2) is 77.0 Å². The number of anilines is 1. The molecule has 1 N–H and O–H groups in total. The number of amidine groups is 1. The molecule has 3 heterocycles. The van der Waals surface area contributed by atoms with Gasteiger partial charge in [-0.2, -0.15) is 8.42 Å². The van der Waals surface area contributed by atoms with Crippen LogP contribution in [0.1, 0.15) is 11.1 Å².